The molecule has 0 bridgehead atoms. The fourth-order valence-corrected chi connectivity index (χ4v) is 0. The Morgan fingerprint density at radius 3 is 0.375 bits per heavy atom. The Balaban J connectivity index is 0. The van der Waals surface area contributed by atoms with Gasteiger partial charge < -0.3 is 0 Å². The molecule has 0 N–H and O–H groups in total. The molecule has 20 valence electrons. The Morgan fingerprint density at radius 1 is 0.375 bits per heavy atom. The Labute approximate surface area is 331 Å². The molecule has 0 aromatic heterocycles. The zero-order valence-corrected chi connectivity index (χ0v) is 42.4. The summed E-state index contributed by atoms with van der Waals surface area (Å²) in [6.07, 6.45) is 0. The molecule has 8 heteroatoms. The third kappa shape index (κ3) is 36.0. The largest absolute Gasteiger partial charge is 0 e. The Kier molecular flexibility index (Phi) is 275. The first kappa shape index (κ1) is 51.0. The van der Waals surface area contributed by atoms with Gasteiger partial charge in [-0.2, -0.15) is 0 Å². The minimum absolute atomic E-state index is 0. The van der Waals surface area contributed by atoms with Crippen LogP contribution in [-0.2, 0) is 0 Å². The summed E-state index contributed by atoms with van der Waals surface area (Å²) in [4.78, 5) is 0. The summed E-state index contributed by atoms with van der Waals surface area (Å²) in [5, 5.41) is 0. The van der Waals surface area contributed by atoms with Crippen LogP contribution in [0.15, 0.2) is 0 Å². The maximum atomic E-state index is 0. The Hall–Kier alpha value is 10.8. The predicted molar refractivity (Wildman–Crippen MR) is 46.0 cm³/mol. The second-order valence-electron chi connectivity index (χ2n) is 0. The van der Waals surface area contributed by atoms with Gasteiger partial charge in [0.1, 0.15) is 0 Å². The van der Waals surface area contributed by atoms with E-state index in [1.165, 1.54) is 0 Å². The van der Waals surface area contributed by atoms with Gasteiger partial charge in [-0.25, -0.2) is 0 Å². The molecule has 0 atom stereocenters. The van der Waals surface area contributed by atoms with E-state index in [1.807, 2.05) is 0 Å². The van der Waals surface area contributed by atoms with Crippen LogP contribution in [0.3, 0.4) is 0 Å². The summed E-state index contributed by atoms with van der Waals surface area (Å²) in [6.45, 7) is 0. The molecule has 0 aromatic carbocycles. The van der Waals surface area contributed by atoms with Crippen LogP contribution < -0.4 is 0 Å². The molecule has 20 radical (unpaired) electrons. The van der Waals surface area contributed by atoms with E-state index in [-0.39, 0.29) is 345 Å². The summed E-state index contributed by atoms with van der Waals surface area (Å²) in [5.41, 5.74) is 0. The molecule has 0 fully saturated rings. The molecule has 0 aliphatic carbocycles. The average Bonchev–Trinajstić information content (AvgIpc) is 0. The van der Waals surface area contributed by atoms with Crippen molar-refractivity contribution in [2.24, 2.45) is 0 Å². The fraction of sp³-hybridized carbons (Fsp3) is 0. The molecule has 0 saturated heterocycles. The van der Waals surface area contributed by atoms with Gasteiger partial charge in [-0.15, -0.1) is 0 Å². The molecule has 0 heterocycles. The SMILES string of the molecule is [Cs].[Cs].[Cs].[Na].[Pb].[Pb].[Pb].[Pb]. The molecule has 0 amide bonds. The second kappa shape index (κ2) is 43.1. The first-order valence-electron chi connectivity index (χ1n) is 0. The quantitative estimate of drug-likeness (QED) is 0.227. The number of hydrogen-bond donors (Lipinski definition) is 0. The first-order chi connectivity index (χ1) is 0. The van der Waals surface area contributed by atoms with Crippen molar-refractivity contribution in [2.45, 2.75) is 0 Å². The topological polar surface area (TPSA) is 0 Å². The fourth-order valence-electron chi connectivity index (χ4n) is 0. The van der Waals surface area contributed by atoms with Gasteiger partial charge in [0.2, 0.25) is 0 Å². The number of rotatable bonds is 0. The molecule has 0 aliphatic heterocycles. The van der Waals surface area contributed by atoms with Crippen LogP contribution in [0.4, 0.5) is 0 Å². The minimum atomic E-state index is 0. The molecule has 0 rings (SSSR count). The molecule has 0 spiro atoms. The summed E-state index contributed by atoms with van der Waals surface area (Å²) < 4.78 is 0. The zero-order valence-electron chi connectivity index (χ0n) is 6.00. The van der Waals surface area contributed by atoms with Crippen molar-refractivity contribution in [1.29, 1.82) is 0 Å². The van der Waals surface area contributed by atoms with E-state index in [0.29, 0.717) is 0 Å². The van der Waals surface area contributed by atoms with E-state index in [1.54, 1.807) is 0 Å². The molecular weight excluding hydrogens is 1250 g/mol. The van der Waals surface area contributed by atoms with Crippen LogP contribution in [0.2, 0.25) is 0 Å². The van der Waals surface area contributed by atoms with Crippen molar-refractivity contribution in [1.82, 2.24) is 0 Å². The van der Waals surface area contributed by atoms with Gasteiger partial charge in [0.15, 0.2) is 0 Å². The maximum Gasteiger partial charge on any atom is 0 e. The monoisotopic (exact) mass is 1250 g/mol. The van der Waals surface area contributed by atoms with Gasteiger partial charge in [0.25, 0.3) is 0 Å². The van der Waals surface area contributed by atoms with Gasteiger partial charge >= 0.3 is 0 Å². The van der Waals surface area contributed by atoms with Crippen LogP contribution in [0.5, 0.6) is 0 Å². The van der Waals surface area contributed by atoms with Gasteiger partial charge in [-0.05, 0) is 0 Å². The standard InChI is InChI=1S/3Cs.Na.4Pb. The molecule has 0 unspecified atom stereocenters. The maximum absolute atomic E-state index is 0. The van der Waals surface area contributed by atoms with E-state index >= 15 is 0 Å². The smallest absolute Gasteiger partial charge is 0 e. The van der Waals surface area contributed by atoms with Crippen molar-refractivity contribution >= 4 is 345 Å². The van der Waals surface area contributed by atoms with E-state index in [0.717, 1.165) is 0 Å². The van der Waals surface area contributed by atoms with Crippen LogP contribution in [-0.4, -0.2) is 345 Å². The summed E-state index contributed by atoms with van der Waals surface area (Å²) >= 11 is 0. The molecule has 0 saturated carbocycles. The van der Waals surface area contributed by atoms with Crippen LogP contribution in [0, 0.1) is 0 Å². The third-order valence-corrected chi connectivity index (χ3v) is 0. The van der Waals surface area contributed by atoms with Crippen molar-refractivity contribution in [3.63, 3.8) is 0 Å². The molecule has 8 heavy (non-hydrogen) atoms. The predicted octanol–water partition coefficient (Wildman–Crippen LogP) is -3.05. The average molecular weight is 1250 g/mol. The number of hydrogen-bond acceptors (Lipinski definition) is 0. The molecule has 0 aromatic rings. The minimum Gasteiger partial charge on any atom is 0 e. The van der Waals surface area contributed by atoms with Gasteiger partial charge in [0, 0.05) is 345 Å². The van der Waals surface area contributed by atoms with Gasteiger partial charge in [0.05, 0.1) is 0 Å². The van der Waals surface area contributed by atoms with E-state index in [9.17, 15) is 0 Å². The van der Waals surface area contributed by atoms with Crippen LogP contribution in [0.1, 0.15) is 0 Å². The van der Waals surface area contributed by atoms with Crippen molar-refractivity contribution in [3.05, 3.63) is 0 Å². The van der Waals surface area contributed by atoms with Gasteiger partial charge in [-0.1, -0.05) is 0 Å². The normalized spacial score (nSPS) is 0. The first-order valence-corrected chi connectivity index (χ1v) is 0. The van der Waals surface area contributed by atoms with E-state index < -0.39 is 0 Å². The zero-order chi connectivity index (χ0) is 0. The third-order valence-electron chi connectivity index (χ3n) is 0. The summed E-state index contributed by atoms with van der Waals surface area (Å²) in [7, 11) is 0. The second-order valence-corrected chi connectivity index (χ2v) is 0. The summed E-state index contributed by atoms with van der Waals surface area (Å²) in [6, 6.07) is 0. The molecule has 0 aliphatic rings. The summed E-state index contributed by atoms with van der Waals surface area (Å²) in [5.74, 6) is 0. The van der Waals surface area contributed by atoms with Crippen molar-refractivity contribution in [3.8, 4) is 0 Å². The van der Waals surface area contributed by atoms with E-state index in [2.05, 4.69) is 0 Å². The Morgan fingerprint density at radius 2 is 0.375 bits per heavy atom. The van der Waals surface area contributed by atoms with Crippen molar-refractivity contribution < 1.29 is 0 Å². The van der Waals surface area contributed by atoms with Crippen LogP contribution in [0.25, 0.3) is 0 Å². The van der Waals surface area contributed by atoms with Gasteiger partial charge in [-0.3, -0.25) is 0 Å². The van der Waals surface area contributed by atoms with E-state index in [4.69, 9.17) is 0 Å². The van der Waals surface area contributed by atoms with Crippen LogP contribution >= 0.6 is 0 Å². The Bertz CT molecular complexity index is 11.2. The van der Waals surface area contributed by atoms with Crippen molar-refractivity contribution in [2.75, 3.05) is 0 Å². The molecular formula is Cs3NaPb4. The molecule has 0 nitrogen and oxygen atoms in total.